The highest BCUT2D eigenvalue weighted by molar-refractivity contribution is 6.33. The number of nitrogens with zero attached hydrogens (tertiary/aromatic N) is 5. The molecule has 0 atom stereocenters. The van der Waals surface area contributed by atoms with Crippen molar-refractivity contribution in [2.24, 2.45) is 7.05 Å². The second-order valence-electron chi connectivity index (χ2n) is 9.91. The van der Waals surface area contributed by atoms with Crippen LogP contribution in [-0.2, 0) is 7.05 Å². The average Bonchev–Trinajstić information content (AvgIpc) is 3.09. The first kappa shape index (κ1) is 22.9. The van der Waals surface area contributed by atoms with Crippen molar-refractivity contribution in [1.29, 1.82) is 0 Å². The molecule has 0 N–H and O–H groups in total. The van der Waals surface area contributed by atoms with E-state index in [1.54, 1.807) is 18.1 Å². The lowest BCUT2D eigenvalue weighted by atomic mass is 9.99. The number of rotatable bonds is 4. The first-order valence-corrected chi connectivity index (χ1v) is 12.4. The van der Waals surface area contributed by atoms with E-state index in [1.807, 2.05) is 10.6 Å². The summed E-state index contributed by atoms with van der Waals surface area (Å²) in [6.07, 6.45) is 4.02. The van der Waals surface area contributed by atoms with Crippen LogP contribution >= 0.6 is 11.6 Å². The van der Waals surface area contributed by atoms with Gasteiger partial charge in [-0.25, -0.2) is 14.2 Å². The SMILES string of the molecule is CC(C)c1c(=O)n(C)n2cnc3ccc(-c4ccc(N5CCC(N(C)C)CC5)c(Cl)c4)cc3c12. The van der Waals surface area contributed by atoms with Gasteiger partial charge in [-0.3, -0.25) is 4.79 Å². The zero-order chi connectivity index (χ0) is 24.1. The second kappa shape index (κ2) is 8.75. The normalized spacial score (nSPS) is 15.4. The fraction of sp³-hybridized carbons (Fsp3) is 0.407. The molecule has 0 radical (unpaired) electrons. The molecule has 0 bridgehead atoms. The summed E-state index contributed by atoms with van der Waals surface area (Å²) in [5, 5.41) is 1.75. The van der Waals surface area contributed by atoms with Crippen molar-refractivity contribution >= 4 is 33.7 Å². The van der Waals surface area contributed by atoms with Gasteiger partial charge in [-0.15, -0.1) is 0 Å². The third-order valence-electron chi connectivity index (χ3n) is 7.28. The summed E-state index contributed by atoms with van der Waals surface area (Å²) in [6.45, 7) is 6.16. The molecular weight excluding hydrogens is 446 g/mol. The Hall–Kier alpha value is -2.83. The Balaban J connectivity index is 1.55. The molecule has 0 unspecified atom stereocenters. The van der Waals surface area contributed by atoms with Crippen molar-refractivity contribution in [1.82, 2.24) is 19.1 Å². The molecule has 0 aliphatic carbocycles. The first-order chi connectivity index (χ1) is 16.3. The van der Waals surface area contributed by atoms with Crippen LogP contribution < -0.4 is 10.5 Å². The average molecular weight is 478 g/mol. The van der Waals surface area contributed by atoms with Crippen LogP contribution in [0.5, 0.6) is 0 Å². The molecule has 1 aliphatic heterocycles. The third kappa shape index (κ3) is 3.79. The minimum Gasteiger partial charge on any atom is -0.370 e. The molecule has 0 amide bonds. The second-order valence-corrected chi connectivity index (χ2v) is 10.3. The number of piperidine rings is 1. The van der Waals surface area contributed by atoms with Crippen molar-refractivity contribution < 1.29 is 0 Å². The molecule has 2 aromatic heterocycles. The maximum atomic E-state index is 12.9. The standard InChI is InChI=1S/C27H32ClN5O/c1-17(2)25-26-21-14-18(6-8-23(21)29-16-33(26)31(5)27(25)34)19-7-9-24(22(28)15-19)32-12-10-20(11-13-32)30(3)4/h6-9,14-17,20H,10-13H2,1-5H3. The van der Waals surface area contributed by atoms with E-state index in [9.17, 15) is 4.79 Å². The highest BCUT2D eigenvalue weighted by Crippen LogP contribution is 2.35. The number of fused-ring (bicyclic) bond motifs is 3. The number of aryl methyl sites for hydroxylation is 1. The molecule has 178 valence electrons. The summed E-state index contributed by atoms with van der Waals surface area (Å²) >= 11 is 6.80. The minimum atomic E-state index is 0.0279. The summed E-state index contributed by atoms with van der Waals surface area (Å²) in [7, 11) is 6.11. The van der Waals surface area contributed by atoms with E-state index in [4.69, 9.17) is 11.6 Å². The molecule has 1 aliphatic rings. The van der Waals surface area contributed by atoms with Crippen LogP contribution in [0.2, 0.25) is 5.02 Å². The molecule has 7 heteroatoms. The number of benzene rings is 2. The number of aromatic nitrogens is 3. The predicted molar refractivity (Wildman–Crippen MR) is 141 cm³/mol. The quantitative estimate of drug-likeness (QED) is 0.407. The summed E-state index contributed by atoms with van der Waals surface area (Å²) in [5.41, 5.74) is 5.88. The van der Waals surface area contributed by atoms with Crippen LogP contribution in [-0.4, -0.2) is 52.3 Å². The fourth-order valence-electron chi connectivity index (χ4n) is 5.27. The van der Waals surface area contributed by atoms with Gasteiger partial charge in [0.15, 0.2) is 0 Å². The Kier molecular flexibility index (Phi) is 5.90. The van der Waals surface area contributed by atoms with Gasteiger partial charge in [-0.05, 0) is 68.2 Å². The Labute approximate surface area is 205 Å². The molecular formula is C27H32ClN5O. The molecule has 5 rings (SSSR count). The maximum absolute atomic E-state index is 12.9. The monoisotopic (exact) mass is 477 g/mol. The van der Waals surface area contributed by atoms with Crippen LogP contribution in [0.15, 0.2) is 47.5 Å². The molecule has 0 spiro atoms. The van der Waals surface area contributed by atoms with Gasteiger partial charge in [0.05, 0.1) is 21.7 Å². The minimum absolute atomic E-state index is 0.0279. The van der Waals surface area contributed by atoms with Crippen LogP contribution in [0.25, 0.3) is 27.5 Å². The van der Waals surface area contributed by atoms with Crippen LogP contribution in [0.4, 0.5) is 5.69 Å². The Morgan fingerprint density at radius 1 is 1.06 bits per heavy atom. The van der Waals surface area contributed by atoms with Gasteiger partial charge in [0, 0.05) is 37.1 Å². The van der Waals surface area contributed by atoms with E-state index in [-0.39, 0.29) is 11.5 Å². The number of halogens is 1. The molecule has 0 saturated carbocycles. The fourth-order valence-corrected chi connectivity index (χ4v) is 5.57. The zero-order valence-corrected chi connectivity index (χ0v) is 21.3. The smallest absolute Gasteiger partial charge is 0.270 e. The Morgan fingerprint density at radius 3 is 2.38 bits per heavy atom. The Morgan fingerprint density at radius 2 is 1.74 bits per heavy atom. The van der Waals surface area contributed by atoms with E-state index in [0.717, 1.165) is 69.8 Å². The number of anilines is 1. The summed E-state index contributed by atoms with van der Waals surface area (Å²) in [4.78, 5) is 22.2. The van der Waals surface area contributed by atoms with E-state index >= 15 is 0 Å². The van der Waals surface area contributed by atoms with E-state index < -0.39 is 0 Å². The van der Waals surface area contributed by atoms with Crippen molar-refractivity contribution in [3.8, 4) is 11.1 Å². The molecule has 4 aromatic rings. The topological polar surface area (TPSA) is 45.8 Å². The molecule has 3 heterocycles. The van der Waals surface area contributed by atoms with Crippen LogP contribution in [0, 0.1) is 0 Å². The van der Waals surface area contributed by atoms with Gasteiger partial charge >= 0.3 is 0 Å². The summed E-state index contributed by atoms with van der Waals surface area (Å²) < 4.78 is 3.49. The van der Waals surface area contributed by atoms with E-state index in [1.165, 1.54) is 0 Å². The maximum Gasteiger partial charge on any atom is 0.270 e. The van der Waals surface area contributed by atoms with E-state index in [2.05, 4.69) is 73.1 Å². The molecule has 2 aromatic carbocycles. The molecule has 34 heavy (non-hydrogen) atoms. The van der Waals surface area contributed by atoms with Crippen LogP contribution in [0.3, 0.4) is 0 Å². The van der Waals surface area contributed by atoms with Gasteiger partial charge in [-0.1, -0.05) is 37.6 Å². The van der Waals surface area contributed by atoms with Gasteiger partial charge < -0.3 is 9.80 Å². The molecule has 1 saturated heterocycles. The van der Waals surface area contributed by atoms with Gasteiger partial charge in [0.2, 0.25) is 0 Å². The number of hydrogen-bond acceptors (Lipinski definition) is 4. The van der Waals surface area contributed by atoms with Gasteiger partial charge in [0.25, 0.3) is 5.56 Å². The predicted octanol–water partition coefficient (Wildman–Crippen LogP) is 5.16. The van der Waals surface area contributed by atoms with Crippen molar-refractivity contribution in [2.75, 3.05) is 32.1 Å². The van der Waals surface area contributed by atoms with Gasteiger partial charge in [0.1, 0.15) is 6.33 Å². The number of hydrogen-bond donors (Lipinski definition) is 0. The van der Waals surface area contributed by atoms with Crippen molar-refractivity contribution in [3.05, 3.63) is 63.7 Å². The molecule has 1 fully saturated rings. The van der Waals surface area contributed by atoms with E-state index in [0.29, 0.717) is 6.04 Å². The van der Waals surface area contributed by atoms with Crippen LogP contribution in [0.1, 0.15) is 38.2 Å². The van der Waals surface area contributed by atoms with Gasteiger partial charge in [-0.2, -0.15) is 0 Å². The van der Waals surface area contributed by atoms with Crippen molar-refractivity contribution in [3.63, 3.8) is 0 Å². The zero-order valence-electron chi connectivity index (χ0n) is 20.5. The molecule has 6 nitrogen and oxygen atoms in total. The Bertz CT molecular complexity index is 1430. The first-order valence-electron chi connectivity index (χ1n) is 12.0. The lowest BCUT2D eigenvalue weighted by molar-refractivity contribution is 0.249. The third-order valence-corrected chi connectivity index (χ3v) is 7.59. The van der Waals surface area contributed by atoms with Crippen molar-refractivity contribution in [2.45, 2.75) is 38.6 Å². The lowest BCUT2D eigenvalue weighted by Gasteiger charge is -2.37. The summed E-state index contributed by atoms with van der Waals surface area (Å²) in [5.74, 6) is 0.114. The lowest BCUT2D eigenvalue weighted by Crippen LogP contribution is -2.42. The largest absolute Gasteiger partial charge is 0.370 e. The summed E-state index contributed by atoms with van der Waals surface area (Å²) in [6, 6.07) is 13.2. The highest BCUT2D eigenvalue weighted by Gasteiger charge is 2.23. The highest BCUT2D eigenvalue weighted by atomic mass is 35.5.